The summed E-state index contributed by atoms with van der Waals surface area (Å²) in [7, 11) is -8.52. The quantitative estimate of drug-likeness (QED) is 0.375. The fraction of sp³-hybridized carbons (Fsp3) is 0.357. The van der Waals surface area contributed by atoms with Gasteiger partial charge in [-0.25, -0.2) is 4.57 Å². The van der Waals surface area contributed by atoms with Crippen LogP contribution in [0.3, 0.4) is 0 Å². The van der Waals surface area contributed by atoms with Crippen LogP contribution in [0.5, 0.6) is 0 Å². The van der Waals surface area contributed by atoms with Crippen molar-refractivity contribution in [3.63, 3.8) is 0 Å². The first-order valence-electron chi connectivity index (χ1n) is 6.98. The van der Waals surface area contributed by atoms with Gasteiger partial charge in [-0.3, -0.25) is 0 Å². The molecule has 0 spiro atoms. The minimum absolute atomic E-state index is 1.10. The van der Waals surface area contributed by atoms with E-state index in [2.05, 4.69) is 53.9 Å². The Morgan fingerprint density at radius 2 is 1.65 bits per heavy atom. The second-order valence-electron chi connectivity index (χ2n) is 5.42. The van der Waals surface area contributed by atoms with Crippen LogP contribution in [0.1, 0.15) is 12.5 Å². The van der Waals surface area contributed by atoms with Gasteiger partial charge in [0.15, 0.2) is 6.20 Å². The van der Waals surface area contributed by atoms with Crippen molar-refractivity contribution in [2.24, 2.45) is 7.05 Å². The molecule has 0 unspecified atom stereocenters. The Balaban J connectivity index is 0.000000236. The SMILES string of the molecule is CCN1CCc2c[n+](C)c3ccccc3c21.F[P-](F)(F)(F)(F)F. The number of hydrogen-bond acceptors (Lipinski definition) is 1. The van der Waals surface area contributed by atoms with Crippen LogP contribution in [0.25, 0.3) is 10.9 Å². The molecular formula is C14H17F6N2P. The first-order valence-corrected chi connectivity index (χ1v) is 9.00. The van der Waals surface area contributed by atoms with E-state index in [1.807, 2.05) is 0 Å². The molecule has 130 valence electrons. The summed E-state index contributed by atoms with van der Waals surface area (Å²) in [6, 6.07) is 8.68. The van der Waals surface area contributed by atoms with Crippen molar-refractivity contribution >= 4 is 24.4 Å². The Hall–Kier alpha value is -1.56. The average Bonchev–Trinajstić information content (AvgIpc) is 2.78. The van der Waals surface area contributed by atoms with Gasteiger partial charge in [-0.1, -0.05) is 12.1 Å². The number of benzene rings is 1. The summed E-state index contributed by atoms with van der Waals surface area (Å²) in [6.45, 7) is 4.50. The summed E-state index contributed by atoms with van der Waals surface area (Å²) in [6.07, 6.45) is 3.47. The molecule has 0 saturated heterocycles. The van der Waals surface area contributed by atoms with Crippen LogP contribution in [0.4, 0.5) is 30.9 Å². The van der Waals surface area contributed by atoms with Crippen molar-refractivity contribution in [1.29, 1.82) is 0 Å². The zero-order valence-corrected chi connectivity index (χ0v) is 13.5. The normalized spacial score (nSPS) is 17.1. The minimum atomic E-state index is -10.7. The van der Waals surface area contributed by atoms with E-state index in [9.17, 15) is 25.2 Å². The van der Waals surface area contributed by atoms with Gasteiger partial charge in [0.1, 0.15) is 7.05 Å². The van der Waals surface area contributed by atoms with Gasteiger partial charge in [0.2, 0.25) is 5.52 Å². The van der Waals surface area contributed by atoms with Crippen LogP contribution >= 0.6 is 7.81 Å². The van der Waals surface area contributed by atoms with Gasteiger partial charge in [0, 0.05) is 24.7 Å². The second-order valence-corrected chi connectivity index (χ2v) is 7.34. The molecule has 2 heterocycles. The van der Waals surface area contributed by atoms with E-state index in [0.29, 0.717) is 0 Å². The third-order valence-corrected chi connectivity index (χ3v) is 3.54. The molecule has 2 nitrogen and oxygen atoms in total. The van der Waals surface area contributed by atoms with Crippen molar-refractivity contribution in [2.45, 2.75) is 13.3 Å². The van der Waals surface area contributed by atoms with Crippen LogP contribution in [0.15, 0.2) is 30.5 Å². The molecule has 0 radical (unpaired) electrons. The molecular weight excluding hydrogens is 341 g/mol. The molecule has 0 atom stereocenters. The molecule has 0 N–H and O–H groups in total. The molecule has 0 fully saturated rings. The van der Waals surface area contributed by atoms with Gasteiger partial charge in [-0.2, -0.15) is 0 Å². The number of hydrogen-bond donors (Lipinski definition) is 0. The first-order chi connectivity index (χ1) is 10.3. The van der Waals surface area contributed by atoms with Crippen LogP contribution in [0, 0.1) is 0 Å². The Labute approximate surface area is 129 Å². The number of pyridine rings is 1. The fourth-order valence-corrected chi connectivity index (χ4v) is 2.76. The van der Waals surface area contributed by atoms with Gasteiger partial charge in [-0.15, -0.1) is 0 Å². The summed E-state index contributed by atoms with van der Waals surface area (Å²) in [5, 5.41) is 1.39. The molecule has 0 amide bonds. The van der Waals surface area contributed by atoms with E-state index in [1.165, 1.54) is 35.1 Å². The summed E-state index contributed by atoms with van der Waals surface area (Å²) >= 11 is 0. The van der Waals surface area contributed by atoms with E-state index >= 15 is 0 Å². The van der Waals surface area contributed by atoms with Crippen molar-refractivity contribution in [3.05, 3.63) is 36.0 Å². The molecule has 1 aromatic heterocycles. The summed E-state index contributed by atoms with van der Waals surface area (Å²) < 4.78 is 61.4. The number of nitrogens with zero attached hydrogens (tertiary/aromatic N) is 2. The number of likely N-dealkylation sites (N-methyl/N-ethyl adjacent to an activating group) is 1. The molecule has 9 heteroatoms. The third-order valence-electron chi connectivity index (χ3n) is 3.54. The van der Waals surface area contributed by atoms with Gasteiger partial charge < -0.3 is 4.90 Å². The van der Waals surface area contributed by atoms with Crippen molar-refractivity contribution in [2.75, 3.05) is 18.0 Å². The topological polar surface area (TPSA) is 7.12 Å². The molecule has 2 aromatic rings. The molecule has 0 aliphatic carbocycles. The number of aryl methyl sites for hydroxylation is 1. The van der Waals surface area contributed by atoms with Crippen molar-refractivity contribution < 1.29 is 29.7 Å². The van der Waals surface area contributed by atoms with E-state index in [1.54, 1.807) is 0 Å². The molecule has 0 bridgehead atoms. The van der Waals surface area contributed by atoms with Crippen LogP contribution in [-0.2, 0) is 13.5 Å². The number of fused-ring (bicyclic) bond motifs is 3. The van der Waals surface area contributed by atoms with E-state index in [0.717, 1.165) is 6.54 Å². The zero-order chi connectivity index (χ0) is 17.5. The van der Waals surface area contributed by atoms with Gasteiger partial charge in [0.25, 0.3) is 0 Å². The Kier molecular flexibility index (Phi) is 3.84. The number of aromatic nitrogens is 1. The maximum absolute atomic E-state index is 10.7. The Bertz CT molecular complexity index is 731. The van der Waals surface area contributed by atoms with E-state index in [-0.39, 0.29) is 0 Å². The van der Waals surface area contributed by atoms with Gasteiger partial charge in [-0.05, 0) is 19.4 Å². The third kappa shape index (κ3) is 5.23. The van der Waals surface area contributed by atoms with Gasteiger partial charge in [0.05, 0.1) is 11.1 Å². The monoisotopic (exact) mass is 358 g/mol. The Morgan fingerprint density at radius 1 is 1.09 bits per heavy atom. The predicted molar refractivity (Wildman–Crippen MR) is 80.3 cm³/mol. The number of anilines is 1. The zero-order valence-electron chi connectivity index (χ0n) is 12.6. The maximum atomic E-state index is 9.87. The van der Waals surface area contributed by atoms with Crippen LogP contribution in [0.2, 0.25) is 0 Å². The molecule has 0 saturated carbocycles. The van der Waals surface area contributed by atoms with Crippen molar-refractivity contribution in [1.82, 2.24) is 0 Å². The summed E-state index contributed by atoms with van der Waals surface area (Å²) in [4.78, 5) is 2.48. The average molecular weight is 358 g/mol. The van der Waals surface area contributed by atoms with Crippen molar-refractivity contribution in [3.8, 4) is 0 Å². The molecule has 23 heavy (non-hydrogen) atoms. The molecule has 1 aromatic carbocycles. The summed E-state index contributed by atoms with van der Waals surface area (Å²) in [5.41, 5.74) is 4.26. The summed E-state index contributed by atoms with van der Waals surface area (Å²) in [5.74, 6) is 0. The molecule has 3 rings (SSSR count). The number of para-hydroxylation sites is 1. The molecule has 1 aliphatic heterocycles. The Morgan fingerprint density at radius 3 is 2.22 bits per heavy atom. The number of halogens is 6. The standard InChI is InChI=1S/C14H17N2.F6P/c1-3-16-9-8-11-10-15(2)13-7-5-4-6-12(13)14(11)16;1-7(2,3,4,5)6/h4-7,10H,3,8-9H2,1-2H3;/q+1;-1. The molecule has 1 aliphatic rings. The fourth-order valence-electron chi connectivity index (χ4n) is 2.76. The van der Waals surface area contributed by atoms with E-state index < -0.39 is 7.81 Å². The van der Waals surface area contributed by atoms with E-state index in [4.69, 9.17) is 0 Å². The van der Waals surface area contributed by atoms with Gasteiger partial charge >= 0.3 is 33.0 Å². The number of rotatable bonds is 1. The second kappa shape index (κ2) is 4.97. The first kappa shape index (κ1) is 17.8. The van der Waals surface area contributed by atoms with Crippen LogP contribution in [-0.4, -0.2) is 13.1 Å². The van der Waals surface area contributed by atoms with Crippen LogP contribution < -0.4 is 9.47 Å². The predicted octanol–water partition coefficient (Wildman–Crippen LogP) is 5.43.